The van der Waals surface area contributed by atoms with E-state index in [1.807, 2.05) is 33.8 Å². The highest BCUT2D eigenvalue weighted by molar-refractivity contribution is 6.45. The second kappa shape index (κ2) is 6.99. The maximum absolute atomic E-state index is 12.6. The second-order valence-corrected chi connectivity index (χ2v) is 11.2. The van der Waals surface area contributed by atoms with E-state index in [0.717, 1.165) is 29.8 Å². The van der Waals surface area contributed by atoms with E-state index >= 15 is 0 Å². The van der Waals surface area contributed by atoms with E-state index in [4.69, 9.17) is 14.0 Å². The first kappa shape index (κ1) is 21.7. The van der Waals surface area contributed by atoms with Crippen molar-refractivity contribution < 1.29 is 23.9 Å². The molecule has 0 aromatic heterocycles. The van der Waals surface area contributed by atoms with Gasteiger partial charge in [-0.3, -0.25) is 0 Å². The predicted octanol–water partition coefficient (Wildman–Crippen LogP) is 4.93. The Morgan fingerprint density at radius 3 is 2.60 bits per heavy atom. The number of benzene rings is 1. The summed E-state index contributed by atoms with van der Waals surface area (Å²) in [4.78, 5) is 12.6. The third-order valence-corrected chi connectivity index (χ3v) is 7.81. The Hall–Kier alpha value is -1.53. The number of hydrogen-bond donors (Lipinski definition) is 1. The Labute approximate surface area is 180 Å². The summed E-state index contributed by atoms with van der Waals surface area (Å²) in [6, 6.07) is 3.46. The summed E-state index contributed by atoms with van der Waals surface area (Å²) in [7, 11) is -0.228. The number of hydrogen-bond acceptors (Lipinski definition) is 5. The molecule has 1 heterocycles. The van der Waals surface area contributed by atoms with Gasteiger partial charge in [0.2, 0.25) is 0 Å². The first-order chi connectivity index (χ1) is 13.8. The third-order valence-electron chi connectivity index (χ3n) is 7.81. The number of ether oxygens (including phenoxy) is 1. The molecular weight excluding hydrogens is 379 g/mol. The quantitative estimate of drug-likeness (QED) is 0.559. The molecule has 1 aromatic rings. The zero-order valence-corrected chi connectivity index (χ0v) is 19.4. The van der Waals surface area contributed by atoms with Gasteiger partial charge in [-0.2, -0.15) is 0 Å². The van der Waals surface area contributed by atoms with Crippen LogP contribution in [0.2, 0.25) is 6.32 Å². The lowest BCUT2D eigenvalue weighted by Crippen LogP contribution is -2.65. The summed E-state index contributed by atoms with van der Waals surface area (Å²) in [6.45, 7) is 14.3. The van der Waals surface area contributed by atoms with Crippen molar-refractivity contribution in [1.29, 1.82) is 0 Å². The Balaban J connectivity index is 1.45. The molecule has 0 radical (unpaired) electrons. The zero-order chi connectivity index (χ0) is 22.1. The Bertz CT molecular complexity index is 858. The van der Waals surface area contributed by atoms with E-state index in [-0.39, 0.29) is 30.1 Å². The van der Waals surface area contributed by atoms with Crippen LogP contribution in [0.3, 0.4) is 0 Å². The van der Waals surface area contributed by atoms with Crippen LogP contribution in [0.4, 0.5) is 0 Å². The van der Waals surface area contributed by atoms with Crippen molar-refractivity contribution in [2.75, 3.05) is 0 Å². The molecule has 1 aliphatic heterocycles. The fourth-order valence-electron chi connectivity index (χ4n) is 5.95. The first-order valence-corrected chi connectivity index (χ1v) is 11.2. The number of aryl methyl sites for hydroxylation is 1. The number of carbonyl (C=O) groups excluding carboxylic acids is 1. The molecule has 1 saturated heterocycles. The van der Waals surface area contributed by atoms with Gasteiger partial charge in [-0.25, -0.2) is 4.79 Å². The molecular formula is C24H35BO5. The molecule has 1 N–H and O–H groups in total. The van der Waals surface area contributed by atoms with Crippen LogP contribution in [0.1, 0.15) is 75.9 Å². The maximum Gasteiger partial charge on any atom is 0.457 e. The fourth-order valence-corrected chi connectivity index (χ4v) is 5.95. The lowest BCUT2D eigenvalue weighted by molar-refractivity contribution is -0.199. The highest BCUT2D eigenvalue weighted by Crippen LogP contribution is 2.65. The Morgan fingerprint density at radius 2 is 1.97 bits per heavy atom. The number of carbonyl (C=O) groups is 1. The van der Waals surface area contributed by atoms with Crippen LogP contribution in [-0.2, 0) is 20.5 Å². The monoisotopic (exact) mass is 414 g/mol. The number of aromatic hydroxyl groups is 1. The molecule has 30 heavy (non-hydrogen) atoms. The summed E-state index contributed by atoms with van der Waals surface area (Å²) >= 11 is 0. The SMILES string of the molecule is Cc1c(CCB2O[C@@H]3C[C@@H]4C[C@@H](C4(C)C)[C@]3(C)O2)ccc(O)c1C(=O)OC(C)(C)C. The van der Waals surface area contributed by atoms with Gasteiger partial charge in [-0.1, -0.05) is 19.9 Å². The summed E-state index contributed by atoms with van der Waals surface area (Å²) in [5.74, 6) is 0.749. The molecule has 0 spiro atoms. The minimum absolute atomic E-state index is 0.0422. The van der Waals surface area contributed by atoms with Gasteiger partial charge in [-0.05, 0) is 94.6 Å². The van der Waals surface area contributed by atoms with Crippen molar-refractivity contribution in [1.82, 2.24) is 0 Å². The summed E-state index contributed by atoms with van der Waals surface area (Å²) in [6.07, 6.45) is 3.94. The van der Waals surface area contributed by atoms with Crippen molar-refractivity contribution >= 4 is 13.1 Å². The van der Waals surface area contributed by atoms with Crippen LogP contribution in [0.25, 0.3) is 0 Å². The summed E-state index contributed by atoms with van der Waals surface area (Å²) in [5, 5.41) is 10.3. The minimum atomic E-state index is -0.613. The van der Waals surface area contributed by atoms with Crippen molar-refractivity contribution in [3.63, 3.8) is 0 Å². The summed E-state index contributed by atoms with van der Waals surface area (Å²) in [5.41, 5.74) is 1.53. The molecule has 4 aliphatic rings. The van der Waals surface area contributed by atoms with E-state index in [1.165, 1.54) is 6.42 Å². The number of rotatable bonds is 4. The van der Waals surface area contributed by atoms with Crippen LogP contribution < -0.4 is 0 Å². The van der Waals surface area contributed by atoms with Gasteiger partial charge in [0.1, 0.15) is 16.9 Å². The van der Waals surface area contributed by atoms with E-state index in [1.54, 1.807) is 6.07 Å². The average Bonchev–Trinajstić information content (AvgIpc) is 2.95. The van der Waals surface area contributed by atoms with Crippen LogP contribution in [0.5, 0.6) is 5.75 Å². The molecule has 0 amide bonds. The topological polar surface area (TPSA) is 65.0 Å². The van der Waals surface area contributed by atoms with Crippen LogP contribution in [0, 0.1) is 24.2 Å². The van der Waals surface area contributed by atoms with E-state index in [2.05, 4.69) is 20.8 Å². The maximum atomic E-state index is 12.6. The molecule has 2 bridgehead atoms. The second-order valence-electron chi connectivity index (χ2n) is 11.2. The highest BCUT2D eigenvalue weighted by atomic mass is 16.7. The molecule has 4 atom stereocenters. The van der Waals surface area contributed by atoms with Crippen molar-refractivity contribution in [3.8, 4) is 5.75 Å². The highest BCUT2D eigenvalue weighted by Gasteiger charge is 2.67. The molecule has 3 aliphatic carbocycles. The standard InChI is InChI=1S/C24H35BO5/c1-14-15(8-9-17(26)20(14)21(27)28-22(2,3)4)10-11-25-29-19-13-16-12-18(23(16,5)6)24(19,7)30-25/h8-9,16,18-19,26H,10-13H2,1-7H3/t16-,18-,19+,24-/m0/s1. The van der Waals surface area contributed by atoms with Gasteiger partial charge in [0.15, 0.2) is 0 Å². The molecule has 1 aromatic carbocycles. The Morgan fingerprint density at radius 1 is 1.27 bits per heavy atom. The number of phenols is 1. The molecule has 3 saturated carbocycles. The van der Waals surface area contributed by atoms with Gasteiger partial charge >= 0.3 is 13.1 Å². The van der Waals surface area contributed by atoms with Crippen LogP contribution in [0.15, 0.2) is 12.1 Å². The van der Waals surface area contributed by atoms with Gasteiger partial charge in [0.25, 0.3) is 0 Å². The minimum Gasteiger partial charge on any atom is -0.507 e. The first-order valence-electron chi connectivity index (χ1n) is 11.2. The molecule has 5 nitrogen and oxygen atoms in total. The van der Waals surface area contributed by atoms with Crippen LogP contribution >= 0.6 is 0 Å². The lowest BCUT2D eigenvalue weighted by atomic mass is 9.43. The molecule has 0 unspecified atom stereocenters. The van der Waals surface area contributed by atoms with Crippen molar-refractivity contribution in [2.24, 2.45) is 17.3 Å². The van der Waals surface area contributed by atoms with Gasteiger partial charge in [-0.15, -0.1) is 0 Å². The fraction of sp³-hybridized carbons (Fsp3) is 0.708. The predicted molar refractivity (Wildman–Crippen MR) is 117 cm³/mol. The van der Waals surface area contributed by atoms with Crippen LogP contribution in [-0.4, -0.2) is 35.5 Å². The summed E-state index contributed by atoms with van der Waals surface area (Å²) < 4.78 is 18.3. The average molecular weight is 414 g/mol. The molecule has 6 heteroatoms. The molecule has 5 rings (SSSR count). The van der Waals surface area contributed by atoms with E-state index in [0.29, 0.717) is 17.8 Å². The van der Waals surface area contributed by atoms with Gasteiger partial charge in [0, 0.05) is 0 Å². The van der Waals surface area contributed by atoms with Gasteiger partial charge in [0.05, 0.1) is 11.7 Å². The van der Waals surface area contributed by atoms with Crippen molar-refractivity contribution in [3.05, 3.63) is 28.8 Å². The molecule has 164 valence electrons. The number of phenolic OH excluding ortho intramolecular Hbond substituents is 1. The zero-order valence-electron chi connectivity index (χ0n) is 19.4. The Kier molecular flexibility index (Phi) is 5.06. The lowest BCUT2D eigenvalue weighted by Gasteiger charge is -2.64. The van der Waals surface area contributed by atoms with Crippen molar-refractivity contribution in [2.45, 2.75) is 91.4 Å². The molecule has 4 fully saturated rings. The van der Waals surface area contributed by atoms with Gasteiger partial charge < -0.3 is 19.2 Å². The largest absolute Gasteiger partial charge is 0.507 e. The number of esters is 1. The van der Waals surface area contributed by atoms with E-state index < -0.39 is 11.6 Å². The van der Waals surface area contributed by atoms with E-state index in [9.17, 15) is 9.90 Å². The smallest absolute Gasteiger partial charge is 0.457 e. The normalized spacial score (nSPS) is 31.8. The third kappa shape index (κ3) is 3.46.